The van der Waals surface area contributed by atoms with Crippen LogP contribution in [-0.4, -0.2) is 71.5 Å². The molecule has 1 aromatic rings. The molecule has 0 saturated carbocycles. The minimum atomic E-state index is -1.19. The molecule has 4 unspecified atom stereocenters. The molecule has 0 saturated heterocycles. The average Bonchev–Trinajstić information content (AvgIpc) is 2.81. The number of hydrogen-bond acceptors (Lipinski definition) is 7. The van der Waals surface area contributed by atoms with Gasteiger partial charge in [-0.25, -0.2) is 0 Å². The lowest BCUT2D eigenvalue weighted by molar-refractivity contribution is -0.141. The third kappa shape index (κ3) is 11.0. The van der Waals surface area contributed by atoms with Crippen molar-refractivity contribution in [1.82, 2.24) is 16.0 Å². The molecule has 3 amide bonds. The van der Waals surface area contributed by atoms with Crippen molar-refractivity contribution < 1.29 is 24.3 Å². The van der Waals surface area contributed by atoms with Crippen LogP contribution in [0.3, 0.4) is 0 Å². The summed E-state index contributed by atoms with van der Waals surface area (Å²) in [4.78, 5) is 49.6. The minimum Gasteiger partial charge on any atom is -0.480 e. The lowest BCUT2D eigenvalue weighted by atomic mass is 10.0. The summed E-state index contributed by atoms with van der Waals surface area (Å²) in [5, 5.41) is 16.9. The first-order valence-corrected chi connectivity index (χ1v) is 12.7. The van der Waals surface area contributed by atoms with E-state index in [2.05, 4.69) is 16.0 Å². The maximum atomic E-state index is 13.2. The van der Waals surface area contributed by atoms with E-state index in [1.807, 2.05) is 36.6 Å². The summed E-state index contributed by atoms with van der Waals surface area (Å²) in [6.07, 6.45) is 4.06. The van der Waals surface area contributed by atoms with Crippen molar-refractivity contribution >= 4 is 35.5 Å². The van der Waals surface area contributed by atoms with Crippen LogP contribution in [0.1, 0.15) is 38.2 Å². The van der Waals surface area contributed by atoms with Crippen molar-refractivity contribution in [3.05, 3.63) is 35.9 Å². The molecular weight excluding hydrogens is 458 g/mol. The second-order valence-electron chi connectivity index (χ2n) is 8.05. The Morgan fingerprint density at radius 3 is 2.15 bits per heavy atom. The molecular formula is C23H37N5O5S. The van der Waals surface area contributed by atoms with E-state index in [0.29, 0.717) is 31.6 Å². The van der Waals surface area contributed by atoms with Gasteiger partial charge in [0.05, 0.1) is 6.04 Å². The Morgan fingerprint density at radius 1 is 0.941 bits per heavy atom. The third-order valence-corrected chi connectivity index (χ3v) is 5.84. The standard InChI is InChI=1S/C23H37N5O5S/c1-15(23(32)33)26-21(30)18(10-6-7-12-24)27-22(31)19(14-16-8-4-3-5-9-16)28-20(29)17(25)11-13-34-2/h3-5,8-9,15,17-19H,6-7,10-14,24-25H2,1-2H3,(H,26,30)(H,27,31)(H,28,29)(H,32,33). The Balaban J connectivity index is 3.01. The van der Waals surface area contributed by atoms with Crippen LogP contribution >= 0.6 is 11.8 Å². The van der Waals surface area contributed by atoms with Crippen molar-refractivity contribution in [2.75, 3.05) is 18.6 Å². The molecule has 0 fully saturated rings. The second-order valence-corrected chi connectivity index (χ2v) is 9.04. The molecule has 0 aliphatic heterocycles. The molecule has 0 aromatic heterocycles. The fourth-order valence-corrected chi connectivity index (χ4v) is 3.61. The predicted octanol–water partition coefficient (Wildman–Crippen LogP) is -0.00260. The van der Waals surface area contributed by atoms with Gasteiger partial charge < -0.3 is 32.5 Å². The fraction of sp³-hybridized carbons (Fsp3) is 0.565. The van der Waals surface area contributed by atoms with Gasteiger partial charge in [0.25, 0.3) is 0 Å². The predicted molar refractivity (Wildman–Crippen MR) is 133 cm³/mol. The van der Waals surface area contributed by atoms with Crippen LogP contribution in [0.5, 0.6) is 0 Å². The topological polar surface area (TPSA) is 177 Å². The first-order valence-electron chi connectivity index (χ1n) is 11.3. The molecule has 8 N–H and O–H groups in total. The largest absolute Gasteiger partial charge is 0.480 e. The monoisotopic (exact) mass is 495 g/mol. The fourth-order valence-electron chi connectivity index (χ4n) is 3.12. The Hall–Kier alpha value is -2.63. The van der Waals surface area contributed by atoms with E-state index in [0.717, 1.165) is 5.56 Å². The normalized spacial score (nSPS) is 14.4. The Labute approximate surface area is 205 Å². The molecule has 4 atom stereocenters. The van der Waals surface area contributed by atoms with E-state index < -0.39 is 47.9 Å². The van der Waals surface area contributed by atoms with Crippen molar-refractivity contribution in [2.24, 2.45) is 11.5 Å². The molecule has 10 nitrogen and oxygen atoms in total. The van der Waals surface area contributed by atoms with Gasteiger partial charge in [-0.2, -0.15) is 11.8 Å². The molecule has 11 heteroatoms. The van der Waals surface area contributed by atoms with Crippen molar-refractivity contribution in [2.45, 2.75) is 63.2 Å². The first kappa shape index (κ1) is 29.4. The number of amides is 3. The zero-order valence-electron chi connectivity index (χ0n) is 19.8. The summed E-state index contributed by atoms with van der Waals surface area (Å²) < 4.78 is 0. The number of thioether (sulfide) groups is 1. The molecule has 0 heterocycles. The molecule has 0 spiro atoms. The number of benzene rings is 1. The molecule has 0 bridgehead atoms. The van der Waals surface area contributed by atoms with Crippen LogP contribution in [-0.2, 0) is 25.6 Å². The van der Waals surface area contributed by atoms with E-state index in [-0.39, 0.29) is 12.8 Å². The number of nitrogens with two attached hydrogens (primary N) is 2. The van der Waals surface area contributed by atoms with E-state index >= 15 is 0 Å². The van der Waals surface area contributed by atoms with Gasteiger partial charge in [0.1, 0.15) is 18.1 Å². The Bertz CT molecular complexity index is 795. The molecule has 34 heavy (non-hydrogen) atoms. The van der Waals surface area contributed by atoms with Gasteiger partial charge >= 0.3 is 5.97 Å². The smallest absolute Gasteiger partial charge is 0.325 e. The van der Waals surface area contributed by atoms with Crippen LogP contribution < -0.4 is 27.4 Å². The number of hydrogen-bond donors (Lipinski definition) is 6. The highest BCUT2D eigenvalue weighted by atomic mass is 32.2. The number of rotatable bonds is 16. The van der Waals surface area contributed by atoms with Gasteiger partial charge in [0.15, 0.2) is 0 Å². The van der Waals surface area contributed by atoms with Crippen LogP contribution in [0, 0.1) is 0 Å². The number of carbonyl (C=O) groups is 4. The van der Waals surface area contributed by atoms with E-state index in [1.54, 1.807) is 11.8 Å². The van der Waals surface area contributed by atoms with Crippen molar-refractivity contribution in [3.8, 4) is 0 Å². The molecule has 0 aliphatic rings. The Morgan fingerprint density at radius 2 is 1.56 bits per heavy atom. The quantitative estimate of drug-likeness (QED) is 0.174. The lowest BCUT2D eigenvalue weighted by Crippen LogP contribution is -2.57. The Kier molecular flexibility index (Phi) is 13.9. The zero-order valence-corrected chi connectivity index (χ0v) is 20.6. The zero-order chi connectivity index (χ0) is 25.5. The summed E-state index contributed by atoms with van der Waals surface area (Å²) in [6, 6.07) is 5.35. The van der Waals surface area contributed by atoms with Crippen LogP contribution in [0.15, 0.2) is 30.3 Å². The van der Waals surface area contributed by atoms with Gasteiger partial charge in [0, 0.05) is 6.42 Å². The summed E-state index contributed by atoms with van der Waals surface area (Å²) in [5.41, 5.74) is 12.3. The summed E-state index contributed by atoms with van der Waals surface area (Å²) in [7, 11) is 0. The number of carboxylic acids is 1. The highest BCUT2D eigenvalue weighted by Gasteiger charge is 2.29. The highest BCUT2D eigenvalue weighted by Crippen LogP contribution is 2.08. The second kappa shape index (κ2) is 16.1. The van der Waals surface area contributed by atoms with Crippen LogP contribution in [0.25, 0.3) is 0 Å². The average molecular weight is 496 g/mol. The van der Waals surface area contributed by atoms with Gasteiger partial charge in [-0.1, -0.05) is 30.3 Å². The number of carboxylic acid groups (broad SMARTS) is 1. The number of carbonyl (C=O) groups excluding carboxylic acids is 3. The first-order chi connectivity index (χ1) is 16.2. The highest BCUT2D eigenvalue weighted by molar-refractivity contribution is 7.98. The van der Waals surface area contributed by atoms with E-state index in [4.69, 9.17) is 16.6 Å². The van der Waals surface area contributed by atoms with Gasteiger partial charge in [0.2, 0.25) is 17.7 Å². The molecule has 1 aromatic carbocycles. The summed E-state index contributed by atoms with van der Waals surface area (Å²) >= 11 is 1.57. The molecule has 1 rings (SSSR count). The third-order valence-electron chi connectivity index (χ3n) is 5.19. The van der Waals surface area contributed by atoms with Crippen LogP contribution in [0.4, 0.5) is 0 Å². The molecule has 0 aliphatic carbocycles. The van der Waals surface area contributed by atoms with Crippen molar-refractivity contribution in [1.29, 1.82) is 0 Å². The van der Waals surface area contributed by atoms with Gasteiger partial charge in [-0.3, -0.25) is 19.2 Å². The maximum absolute atomic E-state index is 13.2. The maximum Gasteiger partial charge on any atom is 0.325 e. The summed E-state index contributed by atoms with van der Waals surface area (Å²) in [5.74, 6) is -2.09. The van der Waals surface area contributed by atoms with E-state index in [9.17, 15) is 19.2 Å². The summed E-state index contributed by atoms with van der Waals surface area (Å²) in [6.45, 7) is 1.77. The van der Waals surface area contributed by atoms with Gasteiger partial charge in [-0.05, 0) is 56.7 Å². The molecule has 0 radical (unpaired) electrons. The van der Waals surface area contributed by atoms with Crippen LogP contribution in [0.2, 0.25) is 0 Å². The van der Waals surface area contributed by atoms with E-state index in [1.165, 1.54) is 6.92 Å². The number of aliphatic carboxylic acids is 1. The lowest BCUT2D eigenvalue weighted by Gasteiger charge is -2.25. The SMILES string of the molecule is CSCCC(N)C(=O)NC(Cc1ccccc1)C(=O)NC(CCCCN)C(=O)NC(C)C(=O)O. The molecule has 190 valence electrons. The number of unbranched alkanes of at least 4 members (excludes halogenated alkanes) is 1. The van der Waals surface area contributed by atoms with Gasteiger partial charge in [-0.15, -0.1) is 0 Å². The minimum absolute atomic E-state index is 0.205. The number of nitrogens with one attached hydrogen (secondary N) is 3. The van der Waals surface area contributed by atoms with Crippen molar-refractivity contribution in [3.63, 3.8) is 0 Å².